The van der Waals surface area contributed by atoms with Crippen LogP contribution in [0.25, 0.3) is 11.1 Å². The molecule has 3 nitrogen and oxygen atoms in total. The monoisotopic (exact) mass is 289 g/mol. The Bertz CT molecular complexity index is 619. The first-order valence-electron chi connectivity index (χ1n) is 4.67. The molecule has 0 atom stereocenters. The predicted molar refractivity (Wildman–Crippen MR) is 66.1 cm³/mol. The second kappa shape index (κ2) is 4.55. The van der Waals surface area contributed by atoms with Crippen LogP contribution in [0.3, 0.4) is 0 Å². The van der Waals surface area contributed by atoms with Gasteiger partial charge >= 0.3 is 5.97 Å². The van der Waals surface area contributed by atoms with Gasteiger partial charge in [0.2, 0.25) is 0 Å². The van der Waals surface area contributed by atoms with Gasteiger partial charge in [-0.05, 0) is 17.7 Å². The fraction of sp³-hybridized carbons (Fsp3) is 0. The van der Waals surface area contributed by atoms with Crippen LogP contribution >= 0.6 is 22.9 Å². The third-order valence-corrected chi connectivity index (χ3v) is 3.50. The van der Waals surface area contributed by atoms with Crippen molar-refractivity contribution in [1.29, 1.82) is 0 Å². The van der Waals surface area contributed by atoms with E-state index in [9.17, 15) is 13.6 Å². The lowest BCUT2D eigenvalue weighted by Gasteiger charge is -2.04. The summed E-state index contributed by atoms with van der Waals surface area (Å²) in [4.78, 5) is 11.0. The summed E-state index contributed by atoms with van der Waals surface area (Å²) in [5.74, 6) is -3.15. The average Bonchev–Trinajstić information content (AvgIpc) is 2.67. The fourth-order valence-electron chi connectivity index (χ4n) is 1.52. The number of nitrogen functional groups attached to an aromatic ring is 1. The molecule has 0 aliphatic carbocycles. The zero-order valence-corrected chi connectivity index (χ0v) is 10.3. The number of anilines is 1. The molecule has 1 aromatic heterocycles. The molecule has 0 aliphatic heterocycles. The minimum Gasteiger partial charge on any atom is -0.478 e. The summed E-state index contributed by atoms with van der Waals surface area (Å²) in [5, 5.41) is 9.89. The van der Waals surface area contributed by atoms with Crippen molar-refractivity contribution < 1.29 is 18.7 Å². The van der Waals surface area contributed by atoms with Gasteiger partial charge in [0.15, 0.2) is 0 Å². The van der Waals surface area contributed by atoms with Gasteiger partial charge in [0.25, 0.3) is 0 Å². The lowest BCUT2D eigenvalue weighted by Crippen LogP contribution is -2.01. The largest absolute Gasteiger partial charge is 0.478 e. The van der Waals surface area contributed by atoms with E-state index in [1.54, 1.807) is 0 Å². The smallest absolute Gasteiger partial charge is 0.339 e. The molecule has 0 fully saturated rings. The molecule has 3 N–H and O–H groups in total. The summed E-state index contributed by atoms with van der Waals surface area (Å²) in [6.07, 6.45) is 0. The molecule has 0 saturated heterocycles. The number of hydrogen-bond acceptors (Lipinski definition) is 3. The van der Waals surface area contributed by atoms with Crippen LogP contribution < -0.4 is 5.73 Å². The summed E-state index contributed by atoms with van der Waals surface area (Å²) >= 11 is 6.35. The van der Waals surface area contributed by atoms with Gasteiger partial charge < -0.3 is 10.8 Å². The van der Waals surface area contributed by atoms with Gasteiger partial charge in [0, 0.05) is 10.9 Å². The SMILES string of the molecule is Nc1scc(-c2cc(F)c(Cl)c(F)c2)c1C(=O)O. The molecule has 0 amide bonds. The number of rotatable bonds is 2. The number of carboxylic acid groups (broad SMARTS) is 1. The van der Waals surface area contributed by atoms with Gasteiger partial charge in [-0.3, -0.25) is 0 Å². The summed E-state index contributed by atoms with van der Waals surface area (Å²) < 4.78 is 26.6. The standard InChI is InChI=1S/C11H6ClF2NO2S/c12-9-6(13)1-4(2-7(9)14)5-3-18-10(15)8(5)11(16)17/h1-3H,15H2,(H,16,17). The normalized spacial score (nSPS) is 10.6. The molecule has 7 heteroatoms. The highest BCUT2D eigenvalue weighted by Gasteiger charge is 2.19. The second-order valence-electron chi connectivity index (χ2n) is 3.45. The molecule has 18 heavy (non-hydrogen) atoms. The number of halogens is 3. The van der Waals surface area contributed by atoms with Crippen molar-refractivity contribution in [2.45, 2.75) is 0 Å². The summed E-state index contributed by atoms with van der Waals surface area (Å²) in [6.45, 7) is 0. The minimum atomic E-state index is -1.25. The zero-order valence-electron chi connectivity index (χ0n) is 8.71. The van der Waals surface area contributed by atoms with E-state index in [2.05, 4.69) is 0 Å². The Hall–Kier alpha value is -1.66. The predicted octanol–water partition coefficient (Wildman–Crippen LogP) is 3.63. The van der Waals surface area contributed by atoms with Crippen LogP contribution in [0, 0.1) is 11.6 Å². The molecule has 2 rings (SSSR count). The maximum absolute atomic E-state index is 13.3. The lowest BCUT2D eigenvalue weighted by atomic mass is 10.0. The molecule has 0 spiro atoms. The van der Waals surface area contributed by atoms with Crippen molar-refractivity contribution in [3.05, 3.63) is 39.7 Å². The van der Waals surface area contributed by atoms with Crippen molar-refractivity contribution in [1.82, 2.24) is 0 Å². The Labute approximate surface area is 109 Å². The van der Waals surface area contributed by atoms with Gasteiger partial charge in [-0.25, -0.2) is 13.6 Å². The molecule has 0 bridgehead atoms. The van der Waals surface area contributed by atoms with Crippen LogP contribution in [0.4, 0.5) is 13.8 Å². The van der Waals surface area contributed by atoms with Crippen LogP contribution in [-0.4, -0.2) is 11.1 Å². The number of nitrogens with two attached hydrogens (primary N) is 1. The first-order chi connectivity index (χ1) is 8.41. The number of hydrogen-bond donors (Lipinski definition) is 2. The summed E-state index contributed by atoms with van der Waals surface area (Å²) in [6, 6.07) is 1.94. The Kier molecular flexibility index (Phi) is 3.23. The third kappa shape index (κ3) is 2.04. The highest BCUT2D eigenvalue weighted by Crippen LogP contribution is 2.35. The average molecular weight is 290 g/mol. The Balaban J connectivity index is 2.66. The van der Waals surface area contributed by atoms with Crippen molar-refractivity contribution in [3.8, 4) is 11.1 Å². The Morgan fingerprint density at radius 3 is 2.39 bits per heavy atom. The zero-order chi connectivity index (χ0) is 13.4. The second-order valence-corrected chi connectivity index (χ2v) is 4.74. The van der Waals surface area contributed by atoms with Crippen molar-refractivity contribution in [3.63, 3.8) is 0 Å². The van der Waals surface area contributed by atoms with E-state index < -0.39 is 22.6 Å². The van der Waals surface area contributed by atoms with Crippen molar-refractivity contribution in [2.75, 3.05) is 5.73 Å². The van der Waals surface area contributed by atoms with Crippen molar-refractivity contribution >= 4 is 33.9 Å². The van der Waals surface area contributed by atoms with E-state index in [-0.39, 0.29) is 21.7 Å². The van der Waals surface area contributed by atoms with Gasteiger partial charge in [-0.15, -0.1) is 11.3 Å². The van der Waals surface area contributed by atoms with Gasteiger partial charge in [-0.1, -0.05) is 11.6 Å². The van der Waals surface area contributed by atoms with Gasteiger partial charge in [0.1, 0.15) is 27.2 Å². The Morgan fingerprint density at radius 2 is 1.89 bits per heavy atom. The molecule has 1 aromatic carbocycles. The van der Waals surface area contributed by atoms with E-state index in [1.165, 1.54) is 5.38 Å². The highest BCUT2D eigenvalue weighted by molar-refractivity contribution is 7.14. The summed E-state index contributed by atoms with van der Waals surface area (Å²) in [5.41, 5.74) is 5.59. The van der Waals surface area contributed by atoms with Crippen molar-refractivity contribution in [2.24, 2.45) is 0 Å². The molecule has 2 aromatic rings. The molecule has 0 aliphatic rings. The molecule has 0 unspecified atom stereocenters. The molecular formula is C11H6ClF2NO2S. The number of benzene rings is 1. The lowest BCUT2D eigenvalue weighted by molar-refractivity contribution is 0.0699. The molecular weight excluding hydrogens is 284 g/mol. The highest BCUT2D eigenvalue weighted by atomic mass is 35.5. The van der Waals surface area contributed by atoms with E-state index in [4.69, 9.17) is 22.4 Å². The van der Waals surface area contributed by atoms with Crippen LogP contribution in [0.15, 0.2) is 17.5 Å². The molecule has 0 saturated carbocycles. The summed E-state index contributed by atoms with van der Waals surface area (Å²) in [7, 11) is 0. The minimum absolute atomic E-state index is 0.0771. The topological polar surface area (TPSA) is 63.3 Å². The maximum Gasteiger partial charge on any atom is 0.339 e. The quantitative estimate of drug-likeness (QED) is 0.830. The Morgan fingerprint density at radius 1 is 1.33 bits per heavy atom. The van der Waals surface area contributed by atoms with Crippen LogP contribution in [0.5, 0.6) is 0 Å². The first kappa shape index (κ1) is 12.8. The van der Waals surface area contributed by atoms with E-state index in [0.29, 0.717) is 0 Å². The molecule has 1 heterocycles. The third-order valence-electron chi connectivity index (χ3n) is 2.33. The number of carbonyl (C=O) groups is 1. The fourth-order valence-corrected chi connectivity index (χ4v) is 2.44. The maximum atomic E-state index is 13.3. The number of thiophene rings is 1. The number of aromatic carboxylic acids is 1. The van der Waals surface area contributed by atoms with E-state index in [0.717, 1.165) is 23.5 Å². The van der Waals surface area contributed by atoms with Crippen LogP contribution in [0.2, 0.25) is 5.02 Å². The molecule has 94 valence electrons. The molecule has 0 radical (unpaired) electrons. The van der Waals surface area contributed by atoms with Gasteiger partial charge in [-0.2, -0.15) is 0 Å². The van der Waals surface area contributed by atoms with Crippen LogP contribution in [-0.2, 0) is 0 Å². The first-order valence-corrected chi connectivity index (χ1v) is 5.92. The van der Waals surface area contributed by atoms with Gasteiger partial charge in [0.05, 0.1) is 0 Å². The van der Waals surface area contributed by atoms with E-state index in [1.807, 2.05) is 0 Å². The van der Waals surface area contributed by atoms with E-state index >= 15 is 0 Å². The van der Waals surface area contributed by atoms with Crippen LogP contribution in [0.1, 0.15) is 10.4 Å². The number of carboxylic acids is 1.